The van der Waals surface area contributed by atoms with E-state index in [4.69, 9.17) is 9.84 Å². The maximum Gasteiger partial charge on any atom is 0.317 e. The number of carbonyl (C=O) groups is 2. The van der Waals surface area contributed by atoms with Crippen molar-refractivity contribution >= 4 is 23.3 Å². The first-order valence-corrected chi connectivity index (χ1v) is 7.59. The number of carboxylic acids is 1. The van der Waals surface area contributed by atoms with Crippen molar-refractivity contribution in [3.8, 4) is 0 Å². The second-order valence-electron chi connectivity index (χ2n) is 5.00. The normalized spacial score (nSPS) is 21.2. The van der Waals surface area contributed by atoms with Crippen molar-refractivity contribution in [2.45, 2.75) is 19.4 Å². The van der Waals surface area contributed by atoms with Crippen LogP contribution in [0.25, 0.3) is 0 Å². The third-order valence-electron chi connectivity index (χ3n) is 3.51. The average Bonchev–Trinajstić information content (AvgIpc) is 3.06. The molecule has 2 amide bonds. The van der Waals surface area contributed by atoms with Gasteiger partial charge in [-0.15, -0.1) is 11.3 Å². The summed E-state index contributed by atoms with van der Waals surface area (Å²) in [7, 11) is 1.59. The highest BCUT2D eigenvalue weighted by Crippen LogP contribution is 2.19. The maximum atomic E-state index is 12.0. The number of thiazole rings is 1. The summed E-state index contributed by atoms with van der Waals surface area (Å²) in [5.74, 6) is -1.60. The minimum Gasteiger partial charge on any atom is -0.481 e. The molecule has 1 fully saturated rings. The van der Waals surface area contributed by atoms with Crippen LogP contribution in [0.5, 0.6) is 0 Å². The fourth-order valence-corrected chi connectivity index (χ4v) is 2.90. The number of hydrogen-bond acceptors (Lipinski definition) is 5. The van der Waals surface area contributed by atoms with Gasteiger partial charge in [-0.1, -0.05) is 0 Å². The molecule has 8 heteroatoms. The molecule has 1 saturated heterocycles. The van der Waals surface area contributed by atoms with E-state index < -0.39 is 17.9 Å². The second-order valence-corrected chi connectivity index (χ2v) is 6.06. The van der Waals surface area contributed by atoms with E-state index >= 15 is 0 Å². The Morgan fingerprint density at radius 2 is 2.33 bits per heavy atom. The lowest BCUT2D eigenvalue weighted by Gasteiger charge is -2.26. The second kappa shape index (κ2) is 6.86. The van der Waals surface area contributed by atoms with Crippen LogP contribution in [-0.4, -0.2) is 59.8 Å². The number of amides is 2. The van der Waals surface area contributed by atoms with Crippen molar-refractivity contribution < 1.29 is 19.4 Å². The quantitative estimate of drug-likeness (QED) is 0.836. The van der Waals surface area contributed by atoms with Crippen molar-refractivity contribution in [1.82, 2.24) is 15.2 Å². The number of hydrogen-bond donors (Lipinski definition) is 2. The molecule has 2 atom stereocenters. The lowest BCUT2D eigenvalue weighted by atomic mass is 10.0. The molecule has 0 aromatic carbocycles. The molecule has 1 aromatic heterocycles. The number of aliphatic carboxylic acids is 1. The van der Waals surface area contributed by atoms with Gasteiger partial charge >= 0.3 is 12.0 Å². The molecule has 21 heavy (non-hydrogen) atoms. The molecule has 1 aromatic rings. The van der Waals surface area contributed by atoms with Gasteiger partial charge < -0.3 is 20.1 Å². The minimum absolute atomic E-state index is 0.149. The summed E-state index contributed by atoms with van der Waals surface area (Å²) in [6.45, 7) is 2.81. The van der Waals surface area contributed by atoms with Gasteiger partial charge in [0.25, 0.3) is 0 Å². The zero-order valence-electron chi connectivity index (χ0n) is 12.0. The number of urea groups is 1. The highest BCUT2D eigenvalue weighted by molar-refractivity contribution is 7.09. The van der Waals surface area contributed by atoms with Crippen molar-refractivity contribution in [2.75, 3.05) is 26.8 Å². The largest absolute Gasteiger partial charge is 0.481 e. The van der Waals surface area contributed by atoms with Gasteiger partial charge in [0, 0.05) is 25.4 Å². The van der Waals surface area contributed by atoms with Crippen LogP contribution in [0.15, 0.2) is 5.38 Å². The molecule has 0 bridgehead atoms. The lowest BCUT2D eigenvalue weighted by Crippen LogP contribution is -2.48. The summed E-state index contributed by atoms with van der Waals surface area (Å²) in [6, 6.07) is -0.715. The molecule has 1 aliphatic rings. The SMILES string of the molecule is Cc1nc(CCNC(=O)N(C)C2COCC2C(=O)O)cs1. The van der Waals surface area contributed by atoms with Gasteiger partial charge in [-0.3, -0.25) is 4.79 Å². The van der Waals surface area contributed by atoms with Crippen LogP contribution in [0.1, 0.15) is 10.7 Å². The Balaban J connectivity index is 1.81. The van der Waals surface area contributed by atoms with E-state index in [1.54, 1.807) is 18.4 Å². The number of rotatable bonds is 5. The van der Waals surface area contributed by atoms with Gasteiger partial charge in [-0.25, -0.2) is 9.78 Å². The van der Waals surface area contributed by atoms with Crippen molar-refractivity contribution in [2.24, 2.45) is 5.92 Å². The van der Waals surface area contributed by atoms with E-state index in [0.29, 0.717) is 13.0 Å². The number of nitrogens with zero attached hydrogens (tertiary/aromatic N) is 2. The van der Waals surface area contributed by atoms with Gasteiger partial charge in [0.15, 0.2) is 0 Å². The highest BCUT2D eigenvalue weighted by atomic mass is 32.1. The zero-order chi connectivity index (χ0) is 15.4. The summed E-state index contributed by atoms with van der Waals surface area (Å²) in [6.07, 6.45) is 0.660. The van der Waals surface area contributed by atoms with Crippen LogP contribution < -0.4 is 5.32 Å². The van der Waals surface area contributed by atoms with Gasteiger partial charge in [-0.05, 0) is 6.92 Å². The molecule has 2 rings (SSSR count). The van der Waals surface area contributed by atoms with Crippen LogP contribution in [0.3, 0.4) is 0 Å². The Kier molecular flexibility index (Phi) is 5.13. The van der Waals surface area contributed by atoms with Crippen molar-refractivity contribution in [3.63, 3.8) is 0 Å². The van der Waals surface area contributed by atoms with E-state index in [0.717, 1.165) is 10.7 Å². The smallest absolute Gasteiger partial charge is 0.317 e. The van der Waals surface area contributed by atoms with Gasteiger partial charge in [0.1, 0.15) is 5.92 Å². The number of aromatic nitrogens is 1. The molecule has 0 saturated carbocycles. The van der Waals surface area contributed by atoms with Gasteiger partial charge in [-0.2, -0.15) is 0 Å². The summed E-state index contributed by atoms with van der Waals surface area (Å²) in [4.78, 5) is 28.9. The van der Waals surface area contributed by atoms with Crippen molar-refractivity contribution in [1.29, 1.82) is 0 Å². The summed E-state index contributed by atoms with van der Waals surface area (Å²) >= 11 is 1.58. The number of carbonyl (C=O) groups excluding carboxylic acids is 1. The predicted molar refractivity (Wildman–Crippen MR) is 77.4 cm³/mol. The summed E-state index contributed by atoms with van der Waals surface area (Å²) in [5.41, 5.74) is 0.952. The molecule has 0 spiro atoms. The van der Waals surface area contributed by atoms with E-state index in [9.17, 15) is 9.59 Å². The first-order chi connectivity index (χ1) is 9.99. The average molecular weight is 313 g/mol. The monoisotopic (exact) mass is 313 g/mol. The Bertz CT molecular complexity index is 519. The molecule has 0 radical (unpaired) electrons. The van der Waals surface area contributed by atoms with E-state index in [1.165, 1.54) is 4.90 Å². The zero-order valence-corrected chi connectivity index (χ0v) is 12.9. The maximum absolute atomic E-state index is 12.0. The molecular formula is C13H19N3O4S. The van der Waals surface area contributed by atoms with Crippen LogP contribution in [-0.2, 0) is 16.0 Å². The third kappa shape index (κ3) is 3.92. The Morgan fingerprint density at radius 1 is 1.57 bits per heavy atom. The molecule has 1 aliphatic heterocycles. The fraction of sp³-hybridized carbons (Fsp3) is 0.615. The topological polar surface area (TPSA) is 91.8 Å². The summed E-state index contributed by atoms with van der Waals surface area (Å²) in [5, 5.41) is 14.8. The molecule has 0 aliphatic carbocycles. The van der Waals surface area contributed by atoms with Crippen LogP contribution in [0.4, 0.5) is 4.79 Å². The standard InChI is InChI=1S/C13H19N3O4S/c1-8-15-9(7-21-8)3-4-14-13(19)16(2)11-6-20-5-10(11)12(17)18/h7,10-11H,3-6H2,1-2H3,(H,14,19)(H,17,18). The predicted octanol–water partition coefficient (Wildman–Crippen LogP) is 0.735. The number of carboxylic acid groups (broad SMARTS) is 1. The molecule has 2 heterocycles. The molecule has 2 N–H and O–H groups in total. The number of likely N-dealkylation sites (N-methyl/N-ethyl adjacent to an activating group) is 1. The van der Waals surface area contributed by atoms with Crippen LogP contribution >= 0.6 is 11.3 Å². The Labute approximate surface area is 126 Å². The van der Waals surface area contributed by atoms with Crippen LogP contribution in [0, 0.1) is 12.8 Å². The van der Waals surface area contributed by atoms with E-state index in [-0.39, 0.29) is 19.2 Å². The molecule has 116 valence electrons. The molecule has 7 nitrogen and oxygen atoms in total. The first kappa shape index (κ1) is 15.7. The minimum atomic E-state index is -0.935. The fourth-order valence-electron chi connectivity index (χ4n) is 2.26. The van der Waals surface area contributed by atoms with Crippen molar-refractivity contribution in [3.05, 3.63) is 16.1 Å². The molecular weight excluding hydrogens is 294 g/mol. The number of nitrogens with one attached hydrogen (secondary N) is 1. The summed E-state index contributed by atoms with van der Waals surface area (Å²) < 4.78 is 5.17. The Morgan fingerprint density at radius 3 is 2.95 bits per heavy atom. The number of aryl methyl sites for hydroxylation is 1. The molecule has 2 unspecified atom stereocenters. The van der Waals surface area contributed by atoms with Gasteiger partial charge in [0.2, 0.25) is 0 Å². The lowest BCUT2D eigenvalue weighted by molar-refractivity contribution is -0.142. The van der Waals surface area contributed by atoms with E-state index in [1.807, 2.05) is 12.3 Å². The highest BCUT2D eigenvalue weighted by Gasteiger charge is 2.38. The van der Waals surface area contributed by atoms with Gasteiger partial charge in [0.05, 0.1) is 30.0 Å². The third-order valence-corrected chi connectivity index (χ3v) is 4.33. The van der Waals surface area contributed by atoms with E-state index in [2.05, 4.69) is 10.3 Å². The number of ether oxygens (including phenoxy) is 1. The van der Waals surface area contributed by atoms with Crippen LogP contribution in [0.2, 0.25) is 0 Å². The first-order valence-electron chi connectivity index (χ1n) is 6.71. The Hall–Kier alpha value is -1.67.